The second-order valence-electron chi connectivity index (χ2n) is 6.96. The number of ether oxygens (including phenoxy) is 1. The van der Waals surface area contributed by atoms with Gasteiger partial charge in [-0.25, -0.2) is 0 Å². The summed E-state index contributed by atoms with van der Waals surface area (Å²) in [5.74, 6) is -0.412. The molecular formula is C21H24O3. The fourth-order valence-electron chi connectivity index (χ4n) is 4.45. The molecule has 3 nitrogen and oxygen atoms in total. The molecule has 3 aliphatic carbocycles. The van der Waals surface area contributed by atoms with E-state index >= 15 is 0 Å². The van der Waals surface area contributed by atoms with Gasteiger partial charge in [-0.2, -0.15) is 0 Å². The number of ketones is 2. The molecule has 3 aliphatic rings. The van der Waals surface area contributed by atoms with Gasteiger partial charge in [0.25, 0.3) is 0 Å². The Labute approximate surface area is 143 Å². The zero-order chi connectivity index (χ0) is 17.6. The topological polar surface area (TPSA) is 43.4 Å². The first-order valence-corrected chi connectivity index (χ1v) is 8.44. The van der Waals surface area contributed by atoms with E-state index in [2.05, 4.69) is 39.5 Å². The van der Waals surface area contributed by atoms with Gasteiger partial charge in [-0.15, -0.1) is 6.58 Å². The third-order valence-corrected chi connectivity index (χ3v) is 5.68. The third kappa shape index (κ3) is 2.26. The average Bonchev–Trinajstić information content (AvgIpc) is 2.55. The molecular weight excluding hydrogens is 300 g/mol. The lowest BCUT2D eigenvalue weighted by atomic mass is 9.60. The highest BCUT2D eigenvalue weighted by Gasteiger charge is 2.50. The summed E-state index contributed by atoms with van der Waals surface area (Å²) in [6, 6.07) is 0. The van der Waals surface area contributed by atoms with Crippen molar-refractivity contribution in [2.75, 3.05) is 7.11 Å². The maximum absolute atomic E-state index is 13.1. The van der Waals surface area contributed by atoms with Crippen LogP contribution in [0.4, 0.5) is 0 Å². The van der Waals surface area contributed by atoms with Crippen LogP contribution in [0.25, 0.3) is 0 Å². The van der Waals surface area contributed by atoms with Gasteiger partial charge in [0.15, 0.2) is 11.5 Å². The molecule has 0 N–H and O–H groups in total. The van der Waals surface area contributed by atoms with E-state index in [9.17, 15) is 9.59 Å². The highest BCUT2D eigenvalue weighted by molar-refractivity contribution is 6.13. The van der Waals surface area contributed by atoms with Crippen LogP contribution in [0.5, 0.6) is 0 Å². The number of carbonyl (C=O) groups excluding carboxylic acids is 2. The molecule has 0 spiro atoms. The highest BCUT2D eigenvalue weighted by atomic mass is 16.5. The lowest BCUT2D eigenvalue weighted by Gasteiger charge is -2.42. The number of fused-ring (bicyclic) bond motifs is 3. The van der Waals surface area contributed by atoms with Crippen LogP contribution in [0, 0.1) is 17.8 Å². The van der Waals surface area contributed by atoms with E-state index in [1.807, 2.05) is 0 Å². The van der Waals surface area contributed by atoms with Crippen LogP contribution < -0.4 is 0 Å². The molecule has 0 fully saturated rings. The van der Waals surface area contributed by atoms with Gasteiger partial charge < -0.3 is 4.74 Å². The number of carbonyl (C=O) groups is 2. The number of methoxy groups -OCH3 is 1. The van der Waals surface area contributed by atoms with Gasteiger partial charge in [0.1, 0.15) is 0 Å². The molecule has 0 bridgehead atoms. The van der Waals surface area contributed by atoms with E-state index in [1.54, 1.807) is 6.08 Å². The summed E-state index contributed by atoms with van der Waals surface area (Å²) in [7, 11) is 1.47. The zero-order valence-electron chi connectivity index (χ0n) is 14.8. The van der Waals surface area contributed by atoms with Gasteiger partial charge in [-0.1, -0.05) is 23.8 Å². The Hall–Kier alpha value is -2.16. The molecule has 0 saturated carbocycles. The minimum Gasteiger partial charge on any atom is -0.493 e. The molecule has 0 amide bonds. The first kappa shape index (κ1) is 16.7. The lowest BCUT2D eigenvalue weighted by molar-refractivity contribution is -0.134. The van der Waals surface area contributed by atoms with Gasteiger partial charge in [0, 0.05) is 23.3 Å². The molecule has 0 heterocycles. The summed E-state index contributed by atoms with van der Waals surface area (Å²) < 4.78 is 5.35. The minimum absolute atomic E-state index is 0.0284. The molecule has 126 valence electrons. The Kier molecular flexibility index (Phi) is 4.20. The SMILES string of the molecule is C=CCC1=C(OC)C(=O)C2C3C=CC(C)=C(C)C3=C(C)CC2C1=O. The number of hydrogen-bond acceptors (Lipinski definition) is 3. The van der Waals surface area contributed by atoms with Crippen molar-refractivity contribution < 1.29 is 14.3 Å². The lowest BCUT2D eigenvalue weighted by Crippen LogP contribution is -2.45. The second kappa shape index (κ2) is 6.04. The fourth-order valence-corrected chi connectivity index (χ4v) is 4.45. The molecule has 0 saturated heterocycles. The van der Waals surface area contributed by atoms with E-state index in [-0.39, 0.29) is 35.1 Å². The second-order valence-corrected chi connectivity index (χ2v) is 6.96. The average molecular weight is 324 g/mol. The summed E-state index contributed by atoms with van der Waals surface area (Å²) in [6.45, 7) is 9.99. The molecule has 0 aliphatic heterocycles. The van der Waals surface area contributed by atoms with Gasteiger partial charge in [0.2, 0.25) is 5.78 Å². The van der Waals surface area contributed by atoms with Crippen LogP contribution in [-0.2, 0) is 14.3 Å². The molecule has 0 aromatic heterocycles. The van der Waals surface area contributed by atoms with Crippen molar-refractivity contribution in [3.63, 3.8) is 0 Å². The van der Waals surface area contributed by atoms with Crippen LogP contribution in [0.15, 0.2) is 58.4 Å². The molecule has 0 aromatic carbocycles. The monoisotopic (exact) mass is 324 g/mol. The standard InChI is InChI=1S/C21H24O3/c1-6-7-15-19(22)16-10-12(3)17-13(4)11(2)8-9-14(17)18(16)20(23)21(15)24-5/h6,8-9,14,16,18H,1,7,10H2,2-5H3. The normalized spacial score (nSPS) is 29.8. The van der Waals surface area contributed by atoms with Crippen LogP contribution in [0.2, 0.25) is 0 Å². The van der Waals surface area contributed by atoms with Crippen molar-refractivity contribution in [3.8, 4) is 0 Å². The first-order valence-electron chi connectivity index (χ1n) is 8.44. The van der Waals surface area contributed by atoms with E-state index in [1.165, 1.54) is 29.4 Å². The highest BCUT2D eigenvalue weighted by Crippen LogP contribution is 2.49. The van der Waals surface area contributed by atoms with Gasteiger partial charge in [0.05, 0.1) is 7.11 Å². The van der Waals surface area contributed by atoms with Crippen LogP contribution in [-0.4, -0.2) is 18.7 Å². The molecule has 3 heteroatoms. The predicted octanol–water partition coefficient (Wildman–Crippen LogP) is 4.09. The summed E-state index contributed by atoms with van der Waals surface area (Å²) in [5, 5.41) is 0. The van der Waals surface area contributed by atoms with Crippen molar-refractivity contribution in [2.24, 2.45) is 17.8 Å². The Morgan fingerprint density at radius 3 is 2.58 bits per heavy atom. The third-order valence-electron chi connectivity index (χ3n) is 5.68. The van der Waals surface area contributed by atoms with E-state index < -0.39 is 0 Å². The summed E-state index contributed by atoms with van der Waals surface area (Å²) in [6.07, 6.45) is 6.86. The number of hydrogen-bond donors (Lipinski definition) is 0. The summed E-state index contributed by atoms with van der Waals surface area (Å²) in [4.78, 5) is 26.2. The molecule has 3 unspecified atom stereocenters. The Morgan fingerprint density at radius 1 is 1.25 bits per heavy atom. The van der Waals surface area contributed by atoms with Crippen molar-refractivity contribution >= 4 is 11.6 Å². The number of rotatable bonds is 3. The van der Waals surface area contributed by atoms with E-state index in [0.717, 1.165) is 0 Å². The first-order chi connectivity index (χ1) is 11.4. The van der Waals surface area contributed by atoms with E-state index in [0.29, 0.717) is 18.4 Å². The Balaban J connectivity index is 2.14. The largest absolute Gasteiger partial charge is 0.493 e. The van der Waals surface area contributed by atoms with Crippen LogP contribution in [0.3, 0.4) is 0 Å². The van der Waals surface area contributed by atoms with Crippen molar-refractivity contribution in [1.82, 2.24) is 0 Å². The van der Waals surface area contributed by atoms with Crippen molar-refractivity contribution in [1.29, 1.82) is 0 Å². The number of Topliss-reactive ketones (excluding diaryl/α,β-unsaturated/α-hetero) is 2. The molecule has 3 atom stereocenters. The van der Waals surface area contributed by atoms with Crippen molar-refractivity contribution in [3.05, 3.63) is 58.4 Å². The molecule has 0 radical (unpaired) electrons. The smallest absolute Gasteiger partial charge is 0.202 e. The maximum atomic E-state index is 13.1. The van der Waals surface area contributed by atoms with Gasteiger partial charge in [-0.3, -0.25) is 9.59 Å². The van der Waals surface area contributed by atoms with Crippen molar-refractivity contribution in [2.45, 2.75) is 33.6 Å². The molecule has 24 heavy (non-hydrogen) atoms. The quantitative estimate of drug-likeness (QED) is 0.734. The van der Waals surface area contributed by atoms with Crippen LogP contribution in [0.1, 0.15) is 33.6 Å². The Bertz CT molecular complexity index is 758. The fraction of sp³-hybridized carbons (Fsp3) is 0.429. The summed E-state index contributed by atoms with van der Waals surface area (Å²) >= 11 is 0. The van der Waals surface area contributed by atoms with Gasteiger partial charge >= 0.3 is 0 Å². The van der Waals surface area contributed by atoms with Gasteiger partial charge in [-0.05, 0) is 50.3 Å². The zero-order valence-corrected chi connectivity index (χ0v) is 14.8. The Morgan fingerprint density at radius 2 is 1.96 bits per heavy atom. The summed E-state index contributed by atoms with van der Waals surface area (Å²) in [5.41, 5.74) is 5.41. The van der Waals surface area contributed by atoms with Crippen LogP contribution >= 0.6 is 0 Å². The number of allylic oxidation sites excluding steroid dienone is 9. The maximum Gasteiger partial charge on any atom is 0.202 e. The molecule has 3 rings (SSSR count). The van der Waals surface area contributed by atoms with E-state index in [4.69, 9.17) is 4.74 Å². The molecule has 0 aromatic rings. The predicted molar refractivity (Wildman–Crippen MR) is 94.2 cm³/mol. The minimum atomic E-state index is -0.348.